The Morgan fingerprint density at radius 3 is 1.66 bits per heavy atom. The van der Waals surface area contributed by atoms with Gasteiger partial charge in [0.25, 0.3) is 0 Å². The standard InChI is InChI=1S/C43H45ClO7.C4H10O/c1-3-47-37-22-19-31(20-23-37)25-35-26-36(21-24-38(35)44)43(46-2)42(50-30-34-17-11-6-12-18-34)41(49-29-33-15-9-5-10-16-33)40(39(27-45)51-43)48-28-32-13-7-4-8-14-32;1-4(2,3)5/h4-24,26,39-42,45H,3,25,27-30H2,1-2H3;5H,1-3H3/t39?,40-,41?,42-,43+;/m1./s1. The molecule has 2 N–H and O–H groups in total. The number of benzene rings is 5. The molecule has 0 aromatic heterocycles. The molecular formula is C47H55ClO8. The lowest BCUT2D eigenvalue weighted by molar-refractivity contribution is -0.384. The van der Waals surface area contributed by atoms with Crippen LogP contribution in [0.1, 0.15) is 61.1 Å². The van der Waals surface area contributed by atoms with Crippen LogP contribution in [-0.2, 0) is 55.7 Å². The van der Waals surface area contributed by atoms with Gasteiger partial charge in [-0.2, -0.15) is 0 Å². The van der Waals surface area contributed by atoms with E-state index >= 15 is 0 Å². The highest BCUT2D eigenvalue weighted by molar-refractivity contribution is 6.31. The summed E-state index contributed by atoms with van der Waals surface area (Å²) in [6, 6.07) is 43.5. The molecule has 5 atom stereocenters. The molecule has 8 nitrogen and oxygen atoms in total. The van der Waals surface area contributed by atoms with Crippen molar-refractivity contribution in [1.82, 2.24) is 0 Å². The number of hydrogen-bond donors (Lipinski definition) is 2. The molecule has 2 unspecified atom stereocenters. The van der Waals surface area contributed by atoms with Crippen LogP contribution in [0.15, 0.2) is 133 Å². The van der Waals surface area contributed by atoms with Gasteiger partial charge in [0.05, 0.1) is 38.6 Å². The van der Waals surface area contributed by atoms with Crippen LogP contribution >= 0.6 is 11.6 Å². The van der Waals surface area contributed by atoms with E-state index < -0.39 is 35.8 Å². The van der Waals surface area contributed by atoms with Crippen molar-refractivity contribution >= 4 is 11.6 Å². The summed E-state index contributed by atoms with van der Waals surface area (Å²) in [4.78, 5) is 0. The molecule has 0 bridgehead atoms. The van der Waals surface area contributed by atoms with Crippen LogP contribution in [0.4, 0.5) is 0 Å². The van der Waals surface area contributed by atoms with E-state index in [0.717, 1.165) is 33.6 Å². The maximum absolute atomic E-state index is 10.9. The number of methoxy groups -OCH3 is 1. The monoisotopic (exact) mass is 782 g/mol. The van der Waals surface area contributed by atoms with Crippen molar-refractivity contribution in [2.75, 3.05) is 20.3 Å². The minimum atomic E-state index is -1.51. The van der Waals surface area contributed by atoms with E-state index in [1.165, 1.54) is 0 Å². The molecule has 0 saturated carbocycles. The summed E-state index contributed by atoms with van der Waals surface area (Å²) in [5.41, 5.74) is 5.07. The largest absolute Gasteiger partial charge is 0.494 e. The second-order valence-electron chi connectivity index (χ2n) is 14.7. The lowest BCUT2D eigenvalue weighted by Gasteiger charge is -2.52. The van der Waals surface area contributed by atoms with E-state index in [4.69, 9.17) is 45.1 Å². The van der Waals surface area contributed by atoms with E-state index in [2.05, 4.69) is 0 Å². The lowest BCUT2D eigenvalue weighted by Crippen LogP contribution is -2.66. The van der Waals surface area contributed by atoms with Gasteiger partial charge in [-0.15, -0.1) is 0 Å². The summed E-state index contributed by atoms with van der Waals surface area (Å²) in [6.45, 7) is 8.28. The van der Waals surface area contributed by atoms with E-state index in [-0.39, 0.29) is 26.4 Å². The fourth-order valence-electron chi connectivity index (χ4n) is 6.51. The van der Waals surface area contributed by atoms with Crippen LogP contribution in [0.25, 0.3) is 0 Å². The number of aliphatic hydroxyl groups is 2. The zero-order valence-corrected chi connectivity index (χ0v) is 33.7. The first-order chi connectivity index (χ1) is 27.0. The highest BCUT2D eigenvalue weighted by Crippen LogP contribution is 2.44. The molecule has 9 heteroatoms. The first-order valence-electron chi connectivity index (χ1n) is 19.1. The third-order valence-electron chi connectivity index (χ3n) is 9.09. The molecule has 1 saturated heterocycles. The van der Waals surface area contributed by atoms with Crippen molar-refractivity contribution in [2.45, 2.75) is 89.7 Å². The van der Waals surface area contributed by atoms with Gasteiger partial charge in [0.15, 0.2) is 0 Å². The molecule has 6 rings (SSSR count). The van der Waals surface area contributed by atoms with E-state index in [1.807, 2.05) is 140 Å². The normalized spacial score (nSPS) is 20.9. The van der Waals surface area contributed by atoms with Gasteiger partial charge in [-0.05, 0) is 86.2 Å². The summed E-state index contributed by atoms with van der Waals surface area (Å²) in [5.74, 6) is -0.692. The third kappa shape index (κ3) is 12.2. The Kier molecular flexibility index (Phi) is 16.1. The van der Waals surface area contributed by atoms with Crippen LogP contribution in [0.5, 0.6) is 5.75 Å². The first kappa shape index (κ1) is 43.0. The maximum atomic E-state index is 10.9. The van der Waals surface area contributed by atoms with Crippen molar-refractivity contribution in [2.24, 2.45) is 0 Å². The molecule has 1 aliphatic rings. The molecule has 0 spiro atoms. The quantitative estimate of drug-likeness (QED) is 0.102. The van der Waals surface area contributed by atoms with Crippen LogP contribution < -0.4 is 4.74 Å². The number of ether oxygens (including phenoxy) is 6. The highest BCUT2D eigenvalue weighted by atomic mass is 35.5. The molecule has 0 amide bonds. The first-order valence-corrected chi connectivity index (χ1v) is 19.4. The summed E-state index contributed by atoms with van der Waals surface area (Å²) >= 11 is 6.83. The Hall–Kier alpha value is -4.09. The van der Waals surface area contributed by atoms with Gasteiger partial charge in [-0.1, -0.05) is 121 Å². The lowest BCUT2D eigenvalue weighted by atomic mass is 9.86. The molecule has 1 aliphatic heterocycles. The molecule has 1 heterocycles. The van der Waals surface area contributed by atoms with Crippen molar-refractivity contribution in [3.63, 3.8) is 0 Å². The highest BCUT2D eigenvalue weighted by Gasteiger charge is 2.58. The summed E-state index contributed by atoms with van der Waals surface area (Å²) < 4.78 is 39.2. The molecule has 298 valence electrons. The van der Waals surface area contributed by atoms with Crippen molar-refractivity contribution in [1.29, 1.82) is 0 Å². The van der Waals surface area contributed by atoms with Gasteiger partial charge in [0, 0.05) is 17.7 Å². The summed E-state index contributed by atoms with van der Waals surface area (Å²) in [6.07, 6.45) is -2.53. The molecular weight excluding hydrogens is 728 g/mol. The predicted octanol–water partition coefficient (Wildman–Crippen LogP) is 9.05. The topological polar surface area (TPSA) is 95.8 Å². The molecule has 0 aliphatic carbocycles. The molecule has 0 radical (unpaired) electrons. The summed E-state index contributed by atoms with van der Waals surface area (Å²) in [5, 5.41) is 20.0. The Morgan fingerprint density at radius 1 is 0.679 bits per heavy atom. The van der Waals surface area contributed by atoms with E-state index in [9.17, 15) is 5.11 Å². The Labute approximate surface area is 336 Å². The van der Waals surface area contributed by atoms with Crippen LogP contribution in [-0.4, -0.2) is 60.6 Å². The van der Waals surface area contributed by atoms with Gasteiger partial charge in [-0.25, -0.2) is 0 Å². The second kappa shape index (κ2) is 20.9. The van der Waals surface area contributed by atoms with Crippen molar-refractivity contribution in [3.05, 3.63) is 172 Å². The maximum Gasteiger partial charge on any atom is 0.225 e. The van der Waals surface area contributed by atoms with Gasteiger partial charge < -0.3 is 38.6 Å². The van der Waals surface area contributed by atoms with Crippen molar-refractivity contribution in [3.8, 4) is 5.75 Å². The van der Waals surface area contributed by atoms with Gasteiger partial charge in [-0.3, -0.25) is 0 Å². The average molecular weight is 783 g/mol. The molecule has 1 fully saturated rings. The molecule has 56 heavy (non-hydrogen) atoms. The number of rotatable bonds is 16. The van der Waals surface area contributed by atoms with Crippen LogP contribution in [0.3, 0.4) is 0 Å². The van der Waals surface area contributed by atoms with E-state index in [0.29, 0.717) is 23.6 Å². The fourth-order valence-corrected chi connectivity index (χ4v) is 6.70. The Bertz CT molecular complexity index is 1860. The number of hydrogen-bond acceptors (Lipinski definition) is 8. The Morgan fingerprint density at radius 2 is 1.18 bits per heavy atom. The zero-order chi connectivity index (χ0) is 40.0. The minimum absolute atomic E-state index is 0.257. The Balaban J connectivity index is 0.00000113. The summed E-state index contributed by atoms with van der Waals surface area (Å²) in [7, 11) is 1.59. The fraction of sp³-hybridized carbons (Fsp3) is 0.362. The van der Waals surface area contributed by atoms with Gasteiger partial charge in [0.1, 0.15) is 30.2 Å². The van der Waals surface area contributed by atoms with Crippen molar-refractivity contribution < 1.29 is 38.6 Å². The predicted molar refractivity (Wildman–Crippen MR) is 220 cm³/mol. The third-order valence-corrected chi connectivity index (χ3v) is 9.46. The van der Waals surface area contributed by atoms with Gasteiger partial charge >= 0.3 is 0 Å². The number of halogens is 1. The SMILES string of the molecule is CC(C)(C)O.CCOc1ccc(Cc2cc([C@]3(OC)OC(CO)[C@@H](OCc4ccccc4)C(OCc4ccccc4)[C@H]3OCc3ccccc3)ccc2Cl)cc1. The molecule has 5 aromatic rings. The smallest absolute Gasteiger partial charge is 0.225 e. The zero-order valence-electron chi connectivity index (χ0n) is 33.0. The molecule has 5 aromatic carbocycles. The minimum Gasteiger partial charge on any atom is -0.494 e. The van der Waals surface area contributed by atoms with Crippen LogP contribution in [0.2, 0.25) is 5.02 Å². The van der Waals surface area contributed by atoms with E-state index in [1.54, 1.807) is 27.9 Å². The number of aliphatic hydroxyl groups excluding tert-OH is 1. The average Bonchev–Trinajstić information content (AvgIpc) is 3.20. The van der Waals surface area contributed by atoms with Gasteiger partial charge in [0.2, 0.25) is 5.79 Å². The second-order valence-corrected chi connectivity index (χ2v) is 15.1. The van der Waals surface area contributed by atoms with Crippen LogP contribution in [0, 0.1) is 0 Å².